The summed E-state index contributed by atoms with van der Waals surface area (Å²) in [7, 11) is 0. The van der Waals surface area contributed by atoms with E-state index < -0.39 is 0 Å². The van der Waals surface area contributed by atoms with Crippen LogP contribution in [0.2, 0.25) is 0 Å². The van der Waals surface area contributed by atoms with Gasteiger partial charge in [-0.3, -0.25) is 4.79 Å². The van der Waals surface area contributed by atoms with Crippen molar-refractivity contribution in [2.45, 2.75) is 4.90 Å². The van der Waals surface area contributed by atoms with Crippen LogP contribution in [0, 0.1) is 0 Å². The lowest BCUT2D eigenvalue weighted by molar-refractivity contribution is -0.128. The molecule has 0 aromatic heterocycles. The Kier molecular flexibility index (Phi) is 3.79. The zero-order valence-electron chi connectivity index (χ0n) is 10.6. The largest absolute Gasteiger partial charge is 0.454 e. The van der Waals surface area contributed by atoms with Crippen LogP contribution >= 0.6 is 11.8 Å². The second kappa shape index (κ2) is 5.71. The average molecular weight is 280 g/mol. The molecule has 6 heteroatoms. The Balaban J connectivity index is 1.55. The van der Waals surface area contributed by atoms with E-state index in [1.54, 1.807) is 11.8 Å². The number of amides is 1. The molecule has 0 unspecified atom stereocenters. The molecule has 2 heterocycles. The van der Waals surface area contributed by atoms with Gasteiger partial charge in [0.15, 0.2) is 11.5 Å². The molecule has 2 aliphatic rings. The van der Waals surface area contributed by atoms with Gasteiger partial charge >= 0.3 is 0 Å². The summed E-state index contributed by atoms with van der Waals surface area (Å²) in [4.78, 5) is 15.0. The monoisotopic (exact) mass is 280 g/mol. The van der Waals surface area contributed by atoms with E-state index in [2.05, 4.69) is 5.32 Å². The summed E-state index contributed by atoms with van der Waals surface area (Å²) in [6.07, 6.45) is 0. The maximum Gasteiger partial charge on any atom is 0.233 e. The first-order valence-corrected chi connectivity index (χ1v) is 7.32. The molecule has 3 rings (SSSR count). The molecule has 1 aromatic carbocycles. The lowest BCUT2D eigenvalue weighted by atomic mass is 10.3. The van der Waals surface area contributed by atoms with E-state index in [4.69, 9.17) is 9.47 Å². The Morgan fingerprint density at radius 3 is 2.89 bits per heavy atom. The second-order valence-corrected chi connectivity index (χ2v) is 5.48. The van der Waals surface area contributed by atoms with Crippen LogP contribution in [0.4, 0.5) is 0 Å². The van der Waals surface area contributed by atoms with E-state index in [0.29, 0.717) is 5.75 Å². The summed E-state index contributed by atoms with van der Waals surface area (Å²) < 4.78 is 10.6. The van der Waals surface area contributed by atoms with Crippen LogP contribution in [-0.4, -0.2) is 49.5 Å². The number of rotatable bonds is 3. The van der Waals surface area contributed by atoms with Crippen LogP contribution in [0.15, 0.2) is 23.1 Å². The Morgan fingerprint density at radius 2 is 2.05 bits per heavy atom. The second-order valence-electron chi connectivity index (χ2n) is 4.43. The van der Waals surface area contributed by atoms with Crippen molar-refractivity contribution in [3.8, 4) is 11.5 Å². The SMILES string of the molecule is O=C(CSc1ccc2c(c1)OCO2)N1CCNCC1. The van der Waals surface area contributed by atoms with Gasteiger partial charge in [0, 0.05) is 31.1 Å². The number of carbonyl (C=O) groups is 1. The smallest absolute Gasteiger partial charge is 0.233 e. The lowest BCUT2D eigenvalue weighted by Crippen LogP contribution is -2.47. The first-order chi connectivity index (χ1) is 9.33. The summed E-state index contributed by atoms with van der Waals surface area (Å²) in [5.74, 6) is 2.21. The number of piperazine rings is 1. The van der Waals surface area contributed by atoms with Crippen LogP contribution in [0.1, 0.15) is 0 Å². The number of ether oxygens (including phenoxy) is 2. The summed E-state index contributed by atoms with van der Waals surface area (Å²) in [6.45, 7) is 3.67. The fourth-order valence-corrected chi connectivity index (χ4v) is 2.94. The highest BCUT2D eigenvalue weighted by atomic mass is 32.2. The molecule has 0 radical (unpaired) electrons. The quantitative estimate of drug-likeness (QED) is 0.835. The van der Waals surface area contributed by atoms with Gasteiger partial charge in [0.25, 0.3) is 0 Å². The summed E-state index contributed by atoms with van der Waals surface area (Å²) in [5.41, 5.74) is 0. The molecule has 0 spiro atoms. The third kappa shape index (κ3) is 2.96. The van der Waals surface area contributed by atoms with Gasteiger partial charge in [0.2, 0.25) is 12.7 Å². The van der Waals surface area contributed by atoms with Gasteiger partial charge in [-0.15, -0.1) is 11.8 Å². The van der Waals surface area contributed by atoms with Gasteiger partial charge in [-0.25, -0.2) is 0 Å². The minimum Gasteiger partial charge on any atom is -0.454 e. The number of thioether (sulfide) groups is 1. The van der Waals surface area contributed by atoms with Crippen molar-refractivity contribution in [2.24, 2.45) is 0 Å². The highest BCUT2D eigenvalue weighted by molar-refractivity contribution is 8.00. The average Bonchev–Trinajstić information content (AvgIpc) is 2.93. The fourth-order valence-electron chi connectivity index (χ4n) is 2.12. The minimum atomic E-state index is 0.198. The Labute approximate surface area is 116 Å². The molecule has 5 nitrogen and oxygen atoms in total. The molecule has 1 aromatic rings. The highest BCUT2D eigenvalue weighted by Gasteiger charge is 2.17. The predicted molar refractivity (Wildman–Crippen MR) is 72.7 cm³/mol. The number of benzene rings is 1. The van der Waals surface area contributed by atoms with E-state index in [1.807, 2.05) is 23.1 Å². The molecule has 0 aliphatic carbocycles. The summed E-state index contributed by atoms with van der Waals surface area (Å²) in [6, 6.07) is 5.78. The molecule has 1 saturated heterocycles. The molecule has 1 N–H and O–H groups in total. The molecule has 0 atom stereocenters. The molecule has 1 amide bonds. The molecule has 0 saturated carbocycles. The number of nitrogens with zero attached hydrogens (tertiary/aromatic N) is 1. The number of hydrogen-bond donors (Lipinski definition) is 1. The topological polar surface area (TPSA) is 50.8 Å². The highest BCUT2D eigenvalue weighted by Crippen LogP contribution is 2.35. The first kappa shape index (κ1) is 12.6. The van der Waals surface area contributed by atoms with Gasteiger partial charge in [-0.1, -0.05) is 0 Å². The van der Waals surface area contributed by atoms with E-state index in [0.717, 1.165) is 42.6 Å². The van der Waals surface area contributed by atoms with Crippen molar-refractivity contribution in [3.05, 3.63) is 18.2 Å². The maximum absolute atomic E-state index is 12.0. The van der Waals surface area contributed by atoms with Crippen molar-refractivity contribution in [1.82, 2.24) is 10.2 Å². The predicted octanol–water partition coefficient (Wildman–Crippen LogP) is 0.939. The van der Waals surface area contributed by atoms with Gasteiger partial charge in [-0.2, -0.15) is 0 Å². The number of fused-ring (bicyclic) bond motifs is 1. The summed E-state index contributed by atoms with van der Waals surface area (Å²) in [5, 5.41) is 3.24. The molecule has 1 fully saturated rings. The summed E-state index contributed by atoms with van der Waals surface area (Å²) >= 11 is 1.54. The minimum absolute atomic E-state index is 0.198. The zero-order valence-corrected chi connectivity index (χ0v) is 11.4. The molecular formula is C13H16N2O3S. The van der Waals surface area contributed by atoms with Crippen LogP contribution in [0.5, 0.6) is 11.5 Å². The fraction of sp³-hybridized carbons (Fsp3) is 0.462. The number of carbonyl (C=O) groups excluding carboxylic acids is 1. The Bertz CT molecular complexity index is 475. The first-order valence-electron chi connectivity index (χ1n) is 6.34. The Morgan fingerprint density at radius 1 is 1.26 bits per heavy atom. The van der Waals surface area contributed by atoms with Crippen molar-refractivity contribution >= 4 is 17.7 Å². The maximum atomic E-state index is 12.0. The van der Waals surface area contributed by atoms with Crippen LogP contribution in [-0.2, 0) is 4.79 Å². The van der Waals surface area contributed by atoms with Crippen molar-refractivity contribution in [1.29, 1.82) is 0 Å². The molecule has 0 bridgehead atoms. The third-order valence-corrected chi connectivity index (χ3v) is 4.15. The van der Waals surface area contributed by atoms with E-state index in [9.17, 15) is 4.79 Å². The van der Waals surface area contributed by atoms with Gasteiger partial charge < -0.3 is 19.7 Å². The zero-order chi connectivity index (χ0) is 13.1. The molecular weight excluding hydrogens is 264 g/mol. The van der Waals surface area contributed by atoms with Gasteiger partial charge in [0.1, 0.15) is 0 Å². The van der Waals surface area contributed by atoms with Crippen LogP contribution in [0.3, 0.4) is 0 Å². The van der Waals surface area contributed by atoms with Crippen molar-refractivity contribution in [2.75, 3.05) is 38.7 Å². The van der Waals surface area contributed by atoms with E-state index in [-0.39, 0.29) is 12.7 Å². The Hall–Kier alpha value is -1.40. The van der Waals surface area contributed by atoms with Gasteiger partial charge in [0.05, 0.1) is 5.75 Å². The normalized spacial score (nSPS) is 17.6. The number of hydrogen-bond acceptors (Lipinski definition) is 5. The lowest BCUT2D eigenvalue weighted by Gasteiger charge is -2.27. The number of nitrogens with one attached hydrogen (secondary N) is 1. The van der Waals surface area contributed by atoms with Crippen LogP contribution < -0.4 is 14.8 Å². The molecule has 102 valence electrons. The van der Waals surface area contributed by atoms with E-state index in [1.165, 1.54) is 0 Å². The van der Waals surface area contributed by atoms with Crippen molar-refractivity contribution < 1.29 is 14.3 Å². The molecule has 2 aliphatic heterocycles. The molecule has 19 heavy (non-hydrogen) atoms. The third-order valence-electron chi connectivity index (χ3n) is 3.18. The van der Waals surface area contributed by atoms with Crippen molar-refractivity contribution in [3.63, 3.8) is 0 Å². The standard InChI is InChI=1S/C13H16N2O3S/c16-13(15-5-3-14-4-6-15)8-19-10-1-2-11-12(7-10)18-9-17-11/h1-2,7,14H,3-6,8-9H2. The van der Waals surface area contributed by atoms with E-state index >= 15 is 0 Å². The van der Waals surface area contributed by atoms with Gasteiger partial charge in [-0.05, 0) is 18.2 Å². The van der Waals surface area contributed by atoms with Crippen LogP contribution in [0.25, 0.3) is 0 Å².